The van der Waals surface area contributed by atoms with E-state index >= 15 is 0 Å². The molecule has 0 aliphatic carbocycles. The highest BCUT2D eigenvalue weighted by Crippen LogP contribution is 2.44. The van der Waals surface area contributed by atoms with Crippen LogP contribution < -0.4 is 0 Å². The molecule has 1 amide bonds. The van der Waals surface area contributed by atoms with E-state index in [1.165, 1.54) is 0 Å². The second-order valence-corrected chi connectivity index (χ2v) is 8.48. The Kier molecular flexibility index (Phi) is 6.56. The first-order valence-electron chi connectivity index (χ1n) is 11.2. The van der Waals surface area contributed by atoms with E-state index in [-0.39, 0.29) is 17.9 Å². The topological polar surface area (TPSA) is 49.9 Å². The number of esters is 1. The summed E-state index contributed by atoms with van der Waals surface area (Å²) < 4.78 is 5.55. The SMILES string of the molecule is CCOC(=O)C1(C2=CC(c3ccccc3)N(C(=O)c3ccccc3)C=C2)CCN(C)CC1. The fourth-order valence-electron chi connectivity index (χ4n) is 4.59. The third kappa shape index (κ3) is 4.26. The molecule has 0 spiro atoms. The van der Waals surface area contributed by atoms with Crippen LogP contribution in [0.4, 0.5) is 0 Å². The van der Waals surface area contributed by atoms with Crippen molar-refractivity contribution in [2.75, 3.05) is 26.7 Å². The maximum absolute atomic E-state index is 13.4. The van der Waals surface area contributed by atoms with Crippen LogP contribution in [0.1, 0.15) is 41.7 Å². The van der Waals surface area contributed by atoms with E-state index in [0.29, 0.717) is 25.0 Å². The maximum Gasteiger partial charge on any atom is 0.316 e. The molecule has 2 heterocycles. The molecular formula is C27H30N2O3. The monoisotopic (exact) mass is 430 g/mol. The zero-order valence-electron chi connectivity index (χ0n) is 18.7. The normalized spacial score (nSPS) is 20.5. The van der Waals surface area contributed by atoms with E-state index in [4.69, 9.17) is 4.74 Å². The summed E-state index contributed by atoms with van der Waals surface area (Å²) in [4.78, 5) is 30.6. The number of carbonyl (C=O) groups is 2. The average Bonchev–Trinajstić information content (AvgIpc) is 2.85. The Morgan fingerprint density at radius 3 is 2.25 bits per heavy atom. The highest BCUT2D eigenvalue weighted by molar-refractivity contribution is 5.95. The summed E-state index contributed by atoms with van der Waals surface area (Å²) >= 11 is 0. The van der Waals surface area contributed by atoms with Gasteiger partial charge in [0.1, 0.15) is 0 Å². The Labute approximate surface area is 190 Å². The Bertz CT molecular complexity index is 1010. The van der Waals surface area contributed by atoms with Gasteiger partial charge in [-0.3, -0.25) is 9.59 Å². The molecule has 2 aromatic rings. The van der Waals surface area contributed by atoms with Crippen LogP contribution in [0.5, 0.6) is 0 Å². The summed E-state index contributed by atoms with van der Waals surface area (Å²) in [6.07, 6.45) is 7.25. The van der Waals surface area contributed by atoms with Crippen molar-refractivity contribution in [3.05, 3.63) is 95.7 Å². The minimum absolute atomic E-state index is 0.0698. The zero-order valence-corrected chi connectivity index (χ0v) is 18.7. The Hall–Kier alpha value is -3.18. The maximum atomic E-state index is 13.4. The molecule has 166 valence electrons. The number of nitrogens with zero attached hydrogens (tertiary/aromatic N) is 2. The number of hydrogen-bond donors (Lipinski definition) is 0. The van der Waals surface area contributed by atoms with Crippen LogP contribution in [0.15, 0.2) is 84.6 Å². The second-order valence-electron chi connectivity index (χ2n) is 8.48. The quantitative estimate of drug-likeness (QED) is 0.651. The van der Waals surface area contributed by atoms with Crippen molar-refractivity contribution in [3.63, 3.8) is 0 Å². The smallest absolute Gasteiger partial charge is 0.316 e. The molecule has 0 aromatic heterocycles. The lowest BCUT2D eigenvalue weighted by molar-refractivity contribution is -0.155. The van der Waals surface area contributed by atoms with Gasteiger partial charge in [0.15, 0.2) is 0 Å². The minimum Gasteiger partial charge on any atom is -0.465 e. The molecule has 2 aromatic carbocycles. The minimum atomic E-state index is -0.687. The third-order valence-corrected chi connectivity index (χ3v) is 6.51. The number of piperidine rings is 1. The zero-order chi connectivity index (χ0) is 22.6. The summed E-state index contributed by atoms with van der Waals surface area (Å²) in [5.74, 6) is -0.238. The van der Waals surface area contributed by atoms with Crippen LogP contribution in [-0.2, 0) is 9.53 Å². The third-order valence-electron chi connectivity index (χ3n) is 6.51. The molecule has 1 atom stereocenters. The van der Waals surface area contributed by atoms with Crippen LogP contribution >= 0.6 is 0 Å². The lowest BCUT2D eigenvalue weighted by Crippen LogP contribution is -2.46. The molecule has 5 heteroatoms. The van der Waals surface area contributed by atoms with Crippen molar-refractivity contribution < 1.29 is 14.3 Å². The fourth-order valence-corrected chi connectivity index (χ4v) is 4.59. The van der Waals surface area contributed by atoms with Gasteiger partial charge in [-0.1, -0.05) is 54.6 Å². The van der Waals surface area contributed by atoms with Gasteiger partial charge in [-0.25, -0.2) is 0 Å². The number of amides is 1. The summed E-state index contributed by atoms with van der Waals surface area (Å²) in [6.45, 7) is 3.85. The first-order valence-corrected chi connectivity index (χ1v) is 11.2. The number of allylic oxidation sites excluding steroid dienone is 1. The van der Waals surface area contributed by atoms with Gasteiger partial charge in [0, 0.05) is 11.8 Å². The van der Waals surface area contributed by atoms with Crippen molar-refractivity contribution in [3.8, 4) is 0 Å². The number of ether oxygens (including phenoxy) is 1. The number of carbonyl (C=O) groups excluding carboxylic acids is 2. The molecule has 0 bridgehead atoms. The number of hydrogen-bond acceptors (Lipinski definition) is 4. The molecule has 1 saturated heterocycles. The van der Waals surface area contributed by atoms with Crippen LogP contribution in [0.3, 0.4) is 0 Å². The van der Waals surface area contributed by atoms with Crippen molar-refractivity contribution in [2.24, 2.45) is 5.41 Å². The Morgan fingerprint density at radius 1 is 1.00 bits per heavy atom. The van der Waals surface area contributed by atoms with Crippen LogP contribution in [0.25, 0.3) is 0 Å². The van der Waals surface area contributed by atoms with Crippen molar-refractivity contribution in [1.82, 2.24) is 9.80 Å². The van der Waals surface area contributed by atoms with Gasteiger partial charge < -0.3 is 14.5 Å². The molecule has 32 heavy (non-hydrogen) atoms. The molecule has 0 saturated carbocycles. The van der Waals surface area contributed by atoms with E-state index in [1.54, 1.807) is 4.90 Å². The molecule has 2 aliphatic rings. The predicted molar refractivity (Wildman–Crippen MR) is 125 cm³/mol. The molecule has 5 nitrogen and oxygen atoms in total. The highest BCUT2D eigenvalue weighted by Gasteiger charge is 2.46. The number of benzene rings is 2. The lowest BCUT2D eigenvalue weighted by atomic mass is 9.70. The van der Waals surface area contributed by atoms with Gasteiger partial charge in [0.2, 0.25) is 0 Å². The van der Waals surface area contributed by atoms with E-state index in [1.807, 2.05) is 79.9 Å². The predicted octanol–water partition coefficient (Wildman–Crippen LogP) is 4.60. The van der Waals surface area contributed by atoms with Gasteiger partial charge in [-0.15, -0.1) is 0 Å². The molecule has 1 unspecified atom stereocenters. The summed E-state index contributed by atoms with van der Waals surface area (Å²) in [6, 6.07) is 19.0. The standard InChI is InChI=1S/C27H30N2O3/c1-3-32-26(31)27(15-18-28(2)19-16-27)23-14-17-29(25(30)22-12-8-5-9-13-22)24(20-23)21-10-6-4-7-11-21/h4-14,17,20,24H,3,15-16,18-19H2,1-2H3. The van der Waals surface area contributed by atoms with Gasteiger partial charge >= 0.3 is 5.97 Å². The molecule has 2 aliphatic heterocycles. The van der Waals surface area contributed by atoms with Gasteiger partial charge in [-0.2, -0.15) is 0 Å². The number of rotatable bonds is 5. The molecular weight excluding hydrogens is 400 g/mol. The summed E-state index contributed by atoms with van der Waals surface area (Å²) in [5.41, 5.74) is 1.89. The van der Waals surface area contributed by atoms with E-state index in [2.05, 4.69) is 18.0 Å². The van der Waals surface area contributed by atoms with Crippen LogP contribution in [0, 0.1) is 5.41 Å². The largest absolute Gasteiger partial charge is 0.465 e. The molecule has 0 N–H and O–H groups in total. The van der Waals surface area contributed by atoms with Crippen LogP contribution in [0.2, 0.25) is 0 Å². The van der Waals surface area contributed by atoms with Crippen molar-refractivity contribution in [1.29, 1.82) is 0 Å². The molecule has 0 radical (unpaired) electrons. The Balaban J connectivity index is 1.75. The van der Waals surface area contributed by atoms with Gasteiger partial charge in [0.05, 0.1) is 18.1 Å². The summed E-state index contributed by atoms with van der Waals surface area (Å²) in [5, 5.41) is 0. The average molecular weight is 431 g/mol. The van der Waals surface area contributed by atoms with Crippen molar-refractivity contribution >= 4 is 11.9 Å². The van der Waals surface area contributed by atoms with E-state index in [9.17, 15) is 9.59 Å². The van der Waals surface area contributed by atoms with E-state index < -0.39 is 5.41 Å². The molecule has 1 fully saturated rings. The van der Waals surface area contributed by atoms with Gasteiger partial charge in [0.25, 0.3) is 5.91 Å². The number of likely N-dealkylation sites (tertiary alicyclic amines) is 1. The second kappa shape index (κ2) is 9.53. The summed E-state index contributed by atoms with van der Waals surface area (Å²) in [7, 11) is 2.08. The van der Waals surface area contributed by atoms with Gasteiger partial charge in [-0.05, 0) is 69.2 Å². The fraction of sp³-hybridized carbons (Fsp3) is 0.333. The Morgan fingerprint density at radius 2 is 1.62 bits per heavy atom. The highest BCUT2D eigenvalue weighted by atomic mass is 16.5. The van der Waals surface area contributed by atoms with Crippen LogP contribution in [-0.4, -0.2) is 48.4 Å². The first-order chi connectivity index (χ1) is 15.5. The lowest BCUT2D eigenvalue weighted by Gasteiger charge is -2.42. The molecule has 4 rings (SSSR count). The van der Waals surface area contributed by atoms with Crippen molar-refractivity contribution in [2.45, 2.75) is 25.8 Å². The first kappa shape index (κ1) is 22.0. The van der Waals surface area contributed by atoms with E-state index in [0.717, 1.165) is 24.2 Å².